The summed E-state index contributed by atoms with van der Waals surface area (Å²) in [6, 6.07) is 15.1. The molecule has 0 aliphatic carbocycles. The lowest BCUT2D eigenvalue weighted by Gasteiger charge is -2.37. The summed E-state index contributed by atoms with van der Waals surface area (Å²) in [4.78, 5) is 26.4. The van der Waals surface area contributed by atoms with Gasteiger partial charge in [0.1, 0.15) is 6.61 Å². The van der Waals surface area contributed by atoms with Gasteiger partial charge in [-0.15, -0.1) is 0 Å². The zero-order valence-electron chi connectivity index (χ0n) is 20.6. The van der Waals surface area contributed by atoms with Gasteiger partial charge in [0.2, 0.25) is 0 Å². The maximum atomic E-state index is 13.7. The van der Waals surface area contributed by atoms with Gasteiger partial charge in [-0.05, 0) is 54.8 Å². The van der Waals surface area contributed by atoms with Crippen molar-refractivity contribution in [3.63, 3.8) is 0 Å². The zero-order chi connectivity index (χ0) is 25.8. The van der Waals surface area contributed by atoms with Crippen molar-refractivity contribution in [2.24, 2.45) is 0 Å². The van der Waals surface area contributed by atoms with E-state index in [-0.39, 0.29) is 23.8 Å². The first-order valence-electron chi connectivity index (χ1n) is 11.4. The highest BCUT2D eigenvalue weighted by atomic mass is 16.6. The number of nitro benzene ring substituents is 1. The summed E-state index contributed by atoms with van der Waals surface area (Å²) in [5, 5.41) is 11.5. The predicted molar refractivity (Wildman–Crippen MR) is 133 cm³/mol. The van der Waals surface area contributed by atoms with Crippen LogP contribution in [0.1, 0.15) is 33.1 Å². The second kappa shape index (κ2) is 10.6. The first-order chi connectivity index (χ1) is 17.4. The number of benzene rings is 3. The van der Waals surface area contributed by atoms with E-state index in [1.54, 1.807) is 57.4 Å². The van der Waals surface area contributed by atoms with Crippen LogP contribution in [0.25, 0.3) is 0 Å². The number of amides is 1. The number of carbonyl (C=O) groups excluding carboxylic acids is 1. The first kappa shape index (κ1) is 24.8. The van der Waals surface area contributed by atoms with Crippen molar-refractivity contribution < 1.29 is 28.7 Å². The van der Waals surface area contributed by atoms with Crippen molar-refractivity contribution in [3.05, 3.63) is 87.0 Å². The molecule has 4 rings (SSSR count). The summed E-state index contributed by atoms with van der Waals surface area (Å²) in [5.41, 5.74) is 2.53. The molecular formula is C27H28N2O7. The van der Waals surface area contributed by atoms with E-state index in [1.807, 2.05) is 24.3 Å². The summed E-state index contributed by atoms with van der Waals surface area (Å²) in [6.45, 7) is 2.19. The Morgan fingerprint density at radius 1 is 0.972 bits per heavy atom. The molecule has 3 aromatic rings. The Labute approximate surface area is 209 Å². The molecule has 188 valence electrons. The minimum atomic E-state index is -0.480. The fourth-order valence-corrected chi connectivity index (χ4v) is 4.46. The molecule has 0 saturated carbocycles. The van der Waals surface area contributed by atoms with Crippen LogP contribution in [0.3, 0.4) is 0 Å². The lowest BCUT2D eigenvalue weighted by Crippen LogP contribution is -2.42. The molecule has 9 nitrogen and oxygen atoms in total. The molecule has 1 heterocycles. The maximum absolute atomic E-state index is 13.7. The van der Waals surface area contributed by atoms with E-state index >= 15 is 0 Å². The van der Waals surface area contributed by atoms with Crippen molar-refractivity contribution in [3.8, 4) is 23.0 Å². The number of fused-ring (bicyclic) bond motifs is 1. The van der Waals surface area contributed by atoms with Gasteiger partial charge in [0, 0.05) is 23.7 Å². The molecule has 1 amide bonds. The standard InChI is InChI=1S/C27H28N2O7/c1-17-9-10-19(13-21(17)29(31)32)27(30)28-12-11-18-14-25(34-3)26(35-4)15-20(18)22(28)16-36-24-8-6-5-7-23(24)33-2/h5-10,13-15,22H,11-12,16H2,1-4H3. The lowest BCUT2D eigenvalue weighted by atomic mass is 9.91. The molecule has 3 aromatic carbocycles. The highest BCUT2D eigenvalue weighted by molar-refractivity contribution is 5.95. The van der Waals surface area contributed by atoms with Crippen molar-refractivity contribution in [2.45, 2.75) is 19.4 Å². The van der Waals surface area contributed by atoms with E-state index in [0.717, 1.165) is 11.1 Å². The smallest absolute Gasteiger partial charge is 0.273 e. The average molecular weight is 493 g/mol. The monoisotopic (exact) mass is 492 g/mol. The largest absolute Gasteiger partial charge is 0.493 e. The molecule has 1 unspecified atom stereocenters. The molecule has 0 radical (unpaired) electrons. The average Bonchev–Trinajstić information content (AvgIpc) is 2.90. The topological polar surface area (TPSA) is 100 Å². The first-order valence-corrected chi connectivity index (χ1v) is 11.4. The van der Waals surface area contributed by atoms with Gasteiger partial charge in [-0.3, -0.25) is 14.9 Å². The molecule has 1 aliphatic rings. The van der Waals surface area contributed by atoms with E-state index in [0.29, 0.717) is 41.5 Å². The van der Waals surface area contributed by atoms with Gasteiger partial charge in [0.15, 0.2) is 23.0 Å². The summed E-state index contributed by atoms with van der Waals surface area (Å²) in [5.74, 6) is 1.96. The number of methoxy groups -OCH3 is 3. The van der Waals surface area contributed by atoms with Crippen molar-refractivity contribution in [1.29, 1.82) is 0 Å². The summed E-state index contributed by atoms with van der Waals surface area (Å²) >= 11 is 0. The van der Waals surface area contributed by atoms with Crippen LogP contribution in [0.15, 0.2) is 54.6 Å². The third-order valence-corrected chi connectivity index (χ3v) is 6.38. The zero-order valence-corrected chi connectivity index (χ0v) is 20.6. The Kier molecular flexibility index (Phi) is 7.28. The molecule has 0 N–H and O–H groups in total. The molecule has 1 aliphatic heterocycles. The number of carbonyl (C=O) groups is 1. The SMILES string of the molecule is COc1cc2c(cc1OC)C(COc1ccccc1OC)N(C(=O)c1ccc(C)c([N+](=O)[O-])c1)CC2. The van der Waals surface area contributed by atoms with Crippen LogP contribution in [0.2, 0.25) is 0 Å². The van der Waals surface area contributed by atoms with E-state index in [1.165, 1.54) is 6.07 Å². The number of ether oxygens (including phenoxy) is 4. The summed E-state index contributed by atoms with van der Waals surface area (Å²) in [6.07, 6.45) is 0.584. The number of rotatable bonds is 8. The van der Waals surface area contributed by atoms with E-state index in [9.17, 15) is 14.9 Å². The van der Waals surface area contributed by atoms with Crippen molar-refractivity contribution in [1.82, 2.24) is 4.90 Å². The van der Waals surface area contributed by atoms with Gasteiger partial charge in [-0.25, -0.2) is 0 Å². The molecule has 0 aromatic heterocycles. The van der Waals surface area contributed by atoms with Crippen LogP contribution in [-0.4, -0.2) is 50.2 Å². The van der Waals surface area contributed by atoms with Crippen LogP contribution in [0, 0.1) is 17.0 Å². The van der Waals surface area contributed by atoms with Gasteiger partial charge in [0.25, 0.3) is 11.6 Å². The van der Waals surface area contributed by atoms with Gasteiger partial charge in [-0.1, -0.05) is 18.2 Å². The second-order valence-electron chi connectivity index (χ2n) is 8.39. The van der Waals surface area contributed by atoms with Crippen LogP contribution in [0.5, 0.6) is 23.0 Å². The number of aryl methyl sites for hydroxylation is 1. The Bertz CT molecular complexity index is 1290. The lowest BCUT2D eigenvalue weighted by molar-refractivity contribution is -0.385. The second-order valence-corrected chi connectivity index (χ2v) is 8.39. The fraction of sp³-hybridized carbons (Fsp3) is 0.296. The Hall–Kier alpha value is -4.27. The quantitative estimate of drug-likeness (QED) is 0.330. The number of nitrogens with zero attached hydrogens (tertiary/aromatic N) is 2. The van der Waals surface area contributed by atoms with Gasteiger partial charge in [-0.2, -0.15) is 0 Å². The molecule has 0 spiro atoms. The van der Waals surface area contributed by atoms with Crippen LogP contribution in [0.4, 0.5) is 5.69 Å². The third-order valence-electron chi connectivity index (χ3n) is 6.38. The third kappa shape index (κ3) is 4.77. The van der Waals surface area contributed by atoms with Gasteiger partial charge in [0.05, 0.1) is 32.3 Å². The molecular weight excluding hydrogens is 464 g/mol. The summed E-state index contributed by atoms with van der Waals surface area (Å²) in [7, 11) is 4.70. The van der Waals surface area contributed by atoms with Crippen molar-refractivity contribution in [2.75, 3.05) is 34.5 Å². The summed E-state index contributed by atoms with van der Waals surface area (Å²) < 4.78 is 22.6. The highest BCUT2D eigenvalue weighted by Crippen LogP contribution is 2.39. The normalized spacial score (nSPS) is 14.6. The molecule has 9 heteroatoms. The molecule has 1 atom stereocenters. The Morgan fingerprint density at radius 3 is 2.31 bits per heavy atom. The molecule has 36 heavy (non-hydrogen) atoms. The Morgan fingerprint density at radius 2 is 1.64 bits per heavy atom. The molecule has 0 fully saturated rings. The predicted octanol–water partition coefficient (Wildman–Crippen LogP) is 4.75. The number of nitro groups is 1. The number of hydrogen-bond acceptors (Lipinski definition) is 7. The van der Waals surface area contributed by atoms with E-state index in [2.05, 4.69) is 0 Å². The molecule has 0 bridgehead atoms. The van der Waals surface area contributed by atoms with Crippen LogP contribution < -0.4 is 18.9 Å². The van der Waals surface area contributed by atoms with E-state index < -0.39 is 11.0 Å². The van der Waals surface area contributed by atoms with Crippen LogP contribution >= 0.6 is 0 Å². The minimum absolute atomic E-state index is 0.0912. The minimum Gasteiger partial charge on any atom is -0.493 e. The van der Waals surface area contributed by atoms with Gasteiger partial charge >= 0.3 is 0 Å². The van der Waals surface area contributed by atoms with E-state index in [4.69, 9.17) is 18.9 Å². The Balaban J connectivity index is 1.74. The van der Waals surface area contributed by atoms with Crippen molar-refractivity contribution >= 4 is 11.6 Å². The number of hydrogen-bond donors (Lipinski definition) is 0. The highest BCUT2D eigenvalue weighted by Gasteiger charge is 2.34. The molecule has 0 saturated heterocycles. The number of para-hydroxylation sites is 2. The maximum Gasteiger partial charge on any atom is 0.273 e. The van der Waals surface area contributed by atoms with Gasteiger partial charge < -0.3 is 23.8 Å². The van der Waals surface area contributed by atoms with Crippen LogP contribution in [-0.2, 0) is 6.42 Å². The fourth-order valence-electron chi connectivity index (χ4n) is 4.46.